The molecule has 156 valence electrons. The van der Waals surface area contributed by atoms with E-state index in [-0.39, 0.29) is 21.6 Å². The maximum absolute atomic E-state index is 12.7. The molecule has 0 bridgehead atoms. The lowest BCUT2D eigenvalue weighted by Gasteiger charge is -2.17. The molecule has 0 aromatic heterocycles. The molecular formula is C19H21ClN2O5S2. The molecule has 2 rings (SSSR count). The van der Waals surface area contributed by atoms with Gasteiger partial charge in [0, 0.05) is 18.4 Å². The van der Waals surface area contributed by atoms with Crippen molar-refractivity contribution >= 4 is 50.9 Å². The van der Waals surface area contributed by atoms with Crippen LogP contribution in [-0.2, 0) is 30.1 Å². The molecule has 0 aliphatic rings. The van der Waals surface area contributed by atoms with E-state index in [0.717, 1.165) is 5.56 Å². The smallest absolute Gasteiger partial charge is 0.324 e. The molecule has 2 N–H and O–H groups in total. The molecule has 0 heterocycles. The quantitative estimate of drug-likeness (QED) is 0.562. The fourth-order valence-electron chi connectivity index (χ4n) is 2.37. The Morgan fingerprint density at radius 1 is 1.17 bits per heavy atom. The summed E-state index contributed by atoms with van der Waals surface area (Å²) in [5, 5.41) is 2.57. The largest absolute Gasteiger partial charge is 0.468 e. The molecule has 1 atom stereocenters. The number of methoxy groups -OCH3 is 1. The van der Waals surface area contributed by atoms with Crippen LogP contribution < -0.4 is 10.0 Å². The lowest BCUT2D eigenvalue weighted by molar-refractivity contribution is -0.142. The van der Waals surface area contributed by atoms with Gasteiger partial charge in [-0.05, 0) is 23.8 Å². The number of hydrogen-bond acceptors (Lipinski definition) is 6. The maximum Gasteiger partial charge on any atom is 0.324 e. The summed E-state index contributed by atoms with van der Waals surface area (Å²) in [6.45, 7) is 1.32. The Morgan fingerprint density at radius 2 is 1.86 bits per heavy atom. The Morgan fingerprint density at radius 3 is 2.45 bits per heavy atom. The third-order valence-corrected chi connectivity index (χ3v) is 6.63. The zero-order valence-electron chi connectivity index (χ0n) is 15.8. The number of carbonyl (C=O) groups is 2. The fraction of sp³-hybridized carbons (Fsp3) is 0.263. The first-order chi connectivity index (χ1) is 13.7. The van der Waals surface area contributed by atoms with Crippen LogP contribution in [0, 0.1) is 0 Å². The Kier molecular flexibility index (Phi) is 8.51. The average molecular weight is 457 g/mol. The SMILES string of the molecule is COC(=O)[C@H](CSCc1ccccc1)NS(=O)(=O)c1ccc(NC(C)=O)c(Cl)c1. The number of benzene rings is 2. The topological polar surface area (TPSA) is 102 Å². The van der Waals surface area contributed by atoms with Crippen molar-refractivity contribution < 1.29 is 22.7 Å². The minimum atomic E-state index is -4.04. The number of rotatable bonds is 9. The molecule has 0 aliphatic carbocycles. The molecule has 0 radical (unpaired) electrons. The van der Waals surface area contributed by atoms with E-state index in [9.17, 15) is 18.0 Å². The van der Waals surface area contributed by atoms with Crippen LogP contribution >= 0.6 is 23.4 Å². The van der Waals surface area contributed by atoms with Crippen molar-refractivity contribution in [2.45, 2.75) is 23.6 Å². The van der Waals surface area contributed by atoms with Crippen molar-refractivity contribution in [3.05, 3.63) is 59.1 Å². The van der Waals surface area contributed by atoms with Crippen molar-refractivity contribution in [2.75, 3.05) is 18.2 Å². The summed E-state index contributed by atoms with van der Waals surface area (Å²) in [6, 6.07) is 12.4. The van der Waals surface area contributed by atoms with Gasteiger partial charge in [0.2, 0.25) is 15.9 Å². The predicted molar refractivity (Wildman–Crippen MR) is 114 cm³/mol. The molecule has 10 heteroatoms. The van der Waals surface area contributed by atoms with Crippen LogP contribution in [0.5, 0.6) is 0 Å². The number of anilines is 1. The molecule has 7 nitrogen and oxygen atoms in total. The van der Waals surface area contributed by atoms with Gasteiger partial charge in [0.05, 0.1) is 22.7 Å². The molecule has 0 unspecified atom stereocenters. The lowest BCUT2D eigenvalue weighted by Crippen LogP contribution is -2.43. The second-order valence-electron chi connectivity index (χ2n) is 6.02. The predicted octanol–water partition coefficient (Wildman–Crippen LogP) is 3.05. The third kappa shape index (κ3) is 7.04. The summed E-state index contributed by atoms with van der Waals surface area (Å²) in [4.78, 5) is 23.1. The number of hydrogen-bond donors (Lipinski definition) is 2. The van der Waals surface area contributed by atoms with Crippen LogP contribution in [0.15, 0.2) is 53.4 Å². The molecule has 2 aromatic rings. The van der Waals surface area contributed by atoms with Crippen molar-refractivity contribution in [2.24, 2.45) is 0 Å². The first-order valence-electron chi connectivity index (χ1n) is 8.52. The van der Waals surface area contributed by atoms with Crippen molar-refractivity contribution in [3.63, 3.8) is 0 Å². The number of nitrogens with one attached hydrogen (secondary N) is 2. The first-order valence-corrected chi connectivity index (χ1v) is 11.5. The Hall–Kier alpha value is -2.07. The van der Waals surface area contributed by atoms with E-state index in [1.807, 2.05) is 30.3 Å². The highest BCUT2D eigenvalue weighted by Gasteiger charge is 2.27. The lowest BCUT2D eigenvalue weighted by atomic mass is 10.2. The van der Waals surface area contributed by atoms with Gasteiger partial charge in [-0.25, -0.2) is 8.42 Å². The standard InChI is InChI=1S/C19H21ClN2O5S2/c1-13(23)21-17-9-8-15(10-16(17)20)29(25,26)22-18(19(24)27-2)12-28-11-14-6-4-3-5-7-14/h3-10,18,22H,11-12H2,1-2H3,(H,21,23)/t18-/m0/s1. The minimum Gasteiger partial charge on any atom is -0.468 e. The van der Waals surface area contributed by atoms with E-state index in [1.54, 1.807) is 0 Å². The van der Waals surface area contributed by atoms with Gasteiger partial charge < -0.3 is 10.1 Å². The number of esters is 1. The van der Waals surface area contributed by atoms with Gasteiger partial charge in [0.25, 0.3) is 0 Å². The van der Waals surface area contributed by atoms with Gasteiger partial charge >= 0.3 is 5.97 Å². The van der Waals surface area contributed by atoms with E-state index < -0.39 is 22.0 Å². The summed E-state index contributed by atoms with van der Waals surface area (Å²) in [5.41, 5.74) is 1.35. The van der Waals surface area contributed by atoms with E-state index >= 15 is 0 Å². The highest BCUT2D eigenvalue weighted by molar-refractivity contribution is 7.98. The molecule has 0 aliphatic heterocycles. The van der Waals surface area contributed by atoms with E-state index in [4.69, 9.17) is 16.3 Å². The number of amides is 1. The highest BCUT2D eigenvalue weighted by atomic mass is 35.5. The Balaban J connectivity index is 2.11. The molecule has 29 heavy (non-hydrogen) atoms. The molecule has 0 spiro atoms. The van der Waals surface area contributed by atoms with Crippen LogP contribution in [0.1, 0.15) is 12.5 Å². The first kappa shape index (κ1) is 23.2. The minimum absolute atomic E-state index is 0.0659. The van der Waals surface area contributed by atoms with Crippen LogP contribution in [-0.4, -0.2) is 39.2 Å². The molecule has 2 aromatic carbocycles. The summed E-state index contributed by atoms with van der Waals surface area (Å²) in [5.74, 6) is -0.205. The van der Waals surface area contributed by atoms with Crippen LogP contribution in [0.3, 0.4) is 0 Å². The van der Waals surface area contributed by atoms with Crippen molar-refractivity contribution in [1.29, 1.82) is 0 Å². The molecule has 0 saturated carbocycles. The van der Waals surface area contributed by atoms with Gasteiger partial charge in [-0.3, -0.25) is 9.59 Å². The second kappa shape index (κ2) is 10.6. The monoisotopic (exact) mass is 456 g/mol. The molecular weight excluding hydrogens is 436 g/mol. The summed E-state index contributed by atoms with van der Waals surface area (Å²) in [6.07, 6.45) is 0. The number of carbonyl (C=O) groups excluding carboxylic acids is 2. The number of halogens is 1. The van der Waals surface area contributed by atoms with Gasteiger partial charge in [0.1, 0.15) is 6.04 Å². The highest BCUT2D eigenvalue weighted by Crippen LogP contribution is 2.25. The number of ether oxygens (including phenoxy) is 1. The molecule has 0 fully saturated rings. The molecule has 1 amide bonds. The Labute approximate surface area is 179 Å². The van der Waals surface area contributed by atoms with Crippen LogP contribution in [0.2, 0.25) is 5.02 Å². The zero-order chi connectivity index (χ0) is 21.4. The van der Waals surface area contributed by atoms with E-state index in [0.29, 0.717) is 11.4 Å². The normalized spacial score (nSPS) is 12.2. The van der Waals surface area contributed by atoms with Crippen molar-refractivity contribution in [3.8, 4) is 0 Å². The van der Waals surface area contributed by atoms with Crippen LogP contribution in [0.4, 0.5) is 5.69 Å². The number of thioether (sulfide) groups is 1. The van der Waals surface area contributed by atoms with E-state index in [1.165, 1.54) is 44.0 Å². The summed E-state index contributed by atoms with van der Waals surface area (Å²) >= 11 is 7.46. The zero-order valence-corrected chi connectivity index (χ0v) is 18.2. The molecule has 0 saturated heterocycles. The summed E-state index contributed by atoms with van der Waals surface area (Å²) < 4.78 is 32.5. The maximum atomic E-state index is 12.7. The van der Waals surface area contributed by atoms with Crippen molar-refractivity contribution in [1.82, 2.24) is 4.72 Å². The average Bonchev–Trinajstić information content (AvgIpc) is 2.68. The summed E-state index contributed by atoms with van der Waals surface area (Å²) in [7, 11) is -2.84. The second-order valence-corrected chi connectivity index (χ2v) is 9.17. The van der Waals surface area contributed by atoms with Gasteiger partial charge in [-0.2, -0.15) is 16.5 Å². The number of sulfonamides is 1. The van der Waals surface area contributed by atoms with Gasteiger partial charge in [0.15, 0.2) is 0 Å². The third-order valence-electron chi connectivity index (χ3n) is 3.74. The van der Waals surface area contributed by atoms with E-state index in [2.05, 4.69) is 10.0 Å². The van der Waals surface area contributed by atoms with Gasteiger partial charge in [-0.1, -0.05) is 41.9 Å². The Bertz CT molecular complexity index is 968. The fourth-order valence-corrected chi connectivity index (χ4v) is 4.98. The van der Waals surface area contributed by atoms with Crippen LogP contribution in [0.25, 0.3) is 0 Å². The van der Waals surface area contributed by atoms with Gasteiger partial charge in [-0.15, -0.1) is 0 Å².